The van der Waals surface area contributed by atoms with Crippen LogP contribution in [0.4, 0.5) is 0 Å². The predicted molar refractivity (Wildman–Crippen MR) is 107 cm³/mol. The molecule has 0 saturated carbocycles. The summed E-state index contributed by atoms with van der Waals surface area (Å²) in [6.45, 7) is 4.17. The maximum Gasteiger partial charge on any atom is 0.267 e. The minimum absolute atomic E-state index is 0.215. The van der Waals surface area contributed by atoms with Crippen LogP contribution in [0.1, 0.15) is 117 Å². The second-order valence-electron chi connectivity index (χ2n) is 7.48. The van der Waals surface area contributed by atoms with E-state index in [0.29, 0.717) is 12.8 Å². The molecule has 2 N–H and O–H groups in total. The van der Waals surface area contributed by atoms with E-state index in [1.807, 2.05) is 6.92 Å². The lowest BCUT2D eigenvalue weighted by molar-refractivity contribution is 0.147. The van der Waals surface area contributed by atoms with E-state index in [2.05, 4.69) is 6.92 Å². The molecule has 2 atom stereocenters. The van der Waals surface area contributed by atoms with Crippen LogP contribution in [0.3, 0.4) is 0 Å². The van der Waals surface area contributed by atoms with Crippen molar-refractivity contribution in [2.45, 2.75) is 128 Å². The highest BCUT2D eigenvalue weighted by Crippen LogP contribution is 2.18. The Labute approximate surface area is 156 Å². The first-order valence-electron chi connectivity index (χ1n) is 10.6. The standard InChI is InChI=1S/C20H42O4S/c1-3-5-6-7-8-9-10-12-16-19(21)17-13-11-14-18-20(15-4-2)25(22,23)24/h19-21H,3-18H2,1-2H3,(H,22,23,24). The molecule has 0 saturated heterocycles. The second-order valence-corrected chi connectivity index (χ2v) is 9.18. The van der Waals surface area contributed by atoms with Gasteiger partial charge < -0.3 is 5.11 Å². The zero-order valence-electron chi connectivity index (χ0n) is 16.6. The molecule has 0 fully saturated rings. The molecule has 0 aromatic heterocycles. The Morgan fingerprint density at radius 2 is 1.08 bits per heavy atom. The van der Waals surface area contributed by atoms with Gasteiger partial charge in [-0.15, -0.1) is 0 Å². The van der Waals surface area contributed by atoms with Crippen molar-refractivity contribution in [3.8, 4) is 0 Å². The van der Waals surface area contributed by atoms with Crippen LogP contribution >= 0.6 is 0 Å². The Morgan fingerprint density at radius 3 is 1.56 bits per heavy atom. The summed E-state index contributed by atoms with van der Waals surface area (Å²) >= 11 is 0. The molecule has 0 spiro atoms. The van der Waals surface area contributed by atoms with Crippen molar-refractivity contribution >= 4 is 10.1 Å². The number of unbranched alkanes of at least 4 members (excludes halogenated alkanes) is 9. The fourth-order valence-electron chi connectivity index (χ4n) is 3.35. The second kappa shape index (κ2) is 16.1. The first-order valence-corrected chi connectivity index (χ1v) is 12.1. The van der Waals surface area contributed by atoms with Gasteiger partial charge in [-0.05, 0) is 25.7 Å². The summed E-state index contributed by atoms with van der Waals surface area (Å²) in [5, 5.41) is 9.40. The van der Waals surface area contributed by atoms with Gasteiger partial charge in [0.1, 0.15) is 0 Å². The quantitative estimate of drug-likeness (QED) is 0.230. The first kappa shape index (κ1) is 24.9. The monoisotopic (exact) mass is 378 g/mol. The molecule has 152 valence electrons. The van der Waals surface area contributed by atoms with Crippen LogP contribution in [0.5, 0.6) is 0 Å². The van der Waals surface area contributed by atoms with Gasteiger partial charge in [0, 0.05) is 0 Å². The van der Waals surface area contributed by atoms with Crippen molar-refractivity contribution in [2.75, 3.05) is 0 Å². The molecule has 25 heavy (non-hydrogen) atoms. The molecule has 0 aromatic rings. The van der Waals surface area contributed by atoms with Crippen molar-refractivity contribution in [1.82, 2.24) is 0 Å². The summed E-state index contributed by atoms with van der Waals surface area (Å²) in [5.41, 5.74) is 0. The number of aliphatic hydroxyl groups excluding tert-OH is 1. The van der Waals surface area contributed by atoms with Gasteiger partial charge in [-0.25, -0.2) is 0 Å². The van der Waals surface area contributed by atoms with Crippen molar-refractivity contribution in [2.24, 2.45) is 0 Å². The molecule has 5 heteroatoms. The van der Waals surface area contributed by atoms with Gasteiger partial charge in [-0.3, -0.25) is 4.55 Å². The van der Waals surface area contributed by atoms with Crippen LogP contribution in [-0.4, -0.2) is 29.4 Å². The SMILES string of the molecule is CCCCCCCCCCC(O)CCCCCC(CCC)S(=O)(=O)O. The third kappa shape index (κ3) is 15.8. The minimum atomic E-state index is -3.91. The van der Waals surface area contributed by atoms with Crippen LogP contribution < -0.4 is 0 Å². The third-order valence-electron chi connectivity index (χ3n) is 4.99. The molecule has 0 aromatic carbocycles. The predicted octanol–water partition coefficient (Wildman–Crippen LogP) is 5.89. The fraction of sp³-hybridized carbons (Fsp3) is 1.00. The Morgan fingerprint density at radius 1 is 0.640 bits per heavy atom. The maximum atomic E-state index is 11.3. The van der Waals surface area contributed by atoms with Gasteiger partial charge in [-0.1, -0.05) is 90.9 Å². The molecule has 0 rings (SSSR count). The topological polar surface area (TPSA) is 74.6 Å². The highest BCUT2D eigenvalue weighted by molar-refractivity contribution is 7.86. The average molecular weight is 379 g/mol. The highest BCUT2D eigenvalue weighted by atomic mass is 32.2. The highest BCUT2D eigenvalue weighted by Gasteiger charge is 2.21. The number of hydrogen-bond donors (Lipinski definition) is 2. The largest absolute Gasteiger partial charge is 0.393 e. The van der Waals surface area contributed by atoms with E-state index in [0.717, 1.165) is 44.9 Å². The van der Waals surface area contributed by atoms with Crippen LogP contribution in [0.25, 0.3) is 0 Å². The van der Waals surface area contributed by atoms with E-state index in [-0.39, 0.29) is 6.10 Å². The summed E-state index contributed by atoms with van der Waals surface area (Å²) in [6, 6.07) is 0. The average Bonchev–Trinajstić information content (AvgIpc) is 2.55. The van der Waals surface area contributed by atoms with Crippen LogP contribution in [-0.2, 0) is 10.1 Å². The van der Waals surface area contributed by atoms with E-state index in [1.165, 1.54) is 44.9 Å². The van der Waals surface area contributed by atoms with E-state index in [4.69, 9.17) is 0 Å². The van der Waals surface area contributed by atoms with Crippen LogP contribution in [0.2, 0.25) is 0 Å². The molecular formula is C20H42O4S. The smallest absolute Gasteiger partial charge is 0.267 e. The molecule has 0 aliphatic heterocycles. The Hall–Kier alpha value is -0.130. The molecule has 0 heterocycles. The van der Waals surface area contributed by atoms with Gasteiger partial charge in [0.25, 0.3) is 10.1 Å². The summed E-state index contributed by atoms with van der Waals surface area (Å²) in [4.78, 5) is 0. The Kier molecular flexibility index (Phi) is 16.0. The molecule has 4 nitrogen and oxygen atoms in total. The van der Waals surface area contributed by atoms with Crippen molar-refractivity contribution in [3.63, 3.8) is 0 Å². The zero-order chi connectivity index (χ0) is 19.0. The molecule has 0 radical (unpaired) electrons. The molecule has 0 aliphatic carbocycles. The molecule has 0 aliphatic rings. The normalized spacial score (nSPS) is 14.6. The summed E-state index contributed by atoms with van der Waals surface area (Å²) in [5.74, 6) is 0. The van der Waals surface area contributed by atoms with Crippen molar-refractivity contribution in [1.29, 1.82) is 0 Å². The molecule has 0 bridgehead atoms. The Balaban J connectivity index is 3.53. The molecule has 0 amide bonds. The van der Waals surface area contributed by atoms with E-state index in [1.54, 1.807) is 0 Å². The number of aliphatic hydroxyl groups is 1. The number of hydrogen-bond acceptors (Lipinski definition) is 3. The number of rotatable bonds is 18. The van der Waals surface area contributed by atoms with E-state index >= 15 is 0 Å². The van der Waals surface area contributed by atoms with Gasteiger partial charge in [0.05, 0.1) is 11.4 Å². The maximum absolute atomic E-state index is 11.3. The summed E-state index contributed by atoms with van der Waals surface area (Å²) < 4.78 is 31.7. The van der Waals surface area contributed by atoms with E-state index < -0.39 is 15.4 Å². The lowest BCUT2D eigenvalue weighted by atomic mass is 10.0. The van der Waals surface area contributed by atoms with Crippen LogP contribution in [0.15, 0.2) is 0 Å². The molecular weight excluding hydrogens is 336 g/mol. The third-order valence-corrected chi connectivity index (χ3v) is 6.30. The molecule has 2 unspecified atom stereocenters. The van der Waals surface area contributed by atoms with Gasteiger partial charge in [0.2, 0.25) is 0 Å². The van der Waals surface area contributed by atoms with Crippen LogP contribution in [0, 0.1) is 0 Å². The summed E-state index contributed by atoms with van der Waals surface area (Å²) in [7, 11) is -3.91. The minimum Gasteiger partial charge on any atom is -0.393 e. The first-order chi connectivity index (χ1) is 11.9. The van der Waals surface area contributed by atoms with Gasteiger partial charge in [-0.2, -0.15) is 8.42 Å². The summed E-state index contributed by atoms with van der Waals surface area (Å²) in [6.07, 6.45) is 16.2. The van der Waals surface area contributed by atoms with E-state index in [9.17, 15) is 18.1 Å². The van der Waals surface area contributed by atoms with Gasteiger partial charge >= 0.3 is 0 Å². The van der Waals surface area contributed by atoms with Crippen molar-refractivity contribution < 1.29 is 18.1 Å². The lowest BCUT2D eigenvalue weighted by Gasteiger charge is -2.13. The van der Waals surface area contributed by atoms with Crippen molar-refractivity contribution in [3.05, 3.63) is 0 Å². The Bertz CT molecular complexity index is 381. The fourth-order valence-corrected chi connectivity index (χ4v) is 4.35. The lowest BCUT2D eigenvalue weighted by Crippen LogP contribution is -2.20. The van der Waals surface area contributed by atoms with Gasteiger partial charge in [0.15, 0.2) is 0 Å². The zero-order valence-corrected chi connectivity index (χ0v) is 17.4.